The first kappa shape index (κ1) is 14.9. The van der Waals surface area contributed by atoms with Gasteiger partial charge < -0.3 is 14.8 Å². The highest BCUT2D eigenvalue weighted by Crippen LogP contribution is 2.31. The Bertz CT molecular complexity index is 565. The summed E-state index contributed by atoms with van der Waals surface area (Å²) in [7, 11) is 5.40. The minimum absolute atomic E-state index is 0.264. The van der Waals surface area contributed by atoms with Gasteiger partial charge in [0.05, 0.1) is 14.2 Å². The average Bonchev–Trinajstić information content (AvgIpc) is 2.93. The van der Waals surface area contributed by atoms with Gasteiger partial charge in [-0.15, -0.1) is 11.3 Å². The Kier molecular flexibility index (Phi) is 5.04. The van der Waals surface area contributed by atoms with Crippen LogP contribution in [0, 0.1) is 6.92 Å². The number of nitrogens with one attached hydrogen (secondary N) is 1. The molecule has 1 unspecified atom stereocenters. The zero-order valence-electron chi connectivity index (χ0n) is 12.4. The third kappa shape index (κ3) is 3.32. The Hall–Kier alpha value is -1.52. The summed E-state index contributed by atoms with van der Waals surface area (Å²) in [6.45, 7) is 2.10. The fourth-order valence-electron chi connectivity index (χ4n) is 2.26. The van der Waals surface area contributed by atoms with Crippen LogP contribution in [-0.4, -0.2) is 21.3 Å². The number of aryl methyl sites for hydroxylation is 1. The molecule has 108 valence electrons. The lowest BCUT2D eigenvalue weighted by Crippen LogP contribution is -2.18. The maximum atomic E-state index is 5.46. The van der Waals surface area contributed by atoms with Crippen LogP contribution < -0.4 is 14.8 Å². The van der Waals surface area contributed by atoms with Gasteiger partial charge in [0.2, 0.25) is 0 Å². The lowest BCUT2D eigenvalue weighted by Gasteiger charge is -2.17. The fraction of sp³-hybridized carbons (Fsp3) is 0.375. The molecule has 0 spiro atoms. The Morgan fingerprint density at radius 1 is 1.20 bits per heavy atom. The molecule has 1 N–H and O–H groups in total. The molecule has 0 aliphatic rings. The highest BCUT2D eigenvalue weighted by molar-refractivity contribution is 7.10. The van der Waals surface area contributed by atoms with Crippen molar-refractivity contribution in [3.8, 4) is 11.5 Å². The molecule has 4 heteroatoms. The molecule has 20 heavy (non-hydrogen) atoms. The van der Waals surface area contributed by atoms with Crippen LogP contribution in [0.5, 0.6) is 11.5 Å². The highest BCUT2D eigenvalue weighted by Gasteiger charge is 2.15. The van der Waals surface area contributed by atoms with Gasteiger partial charge in [-0.3, -0.25) is 0 Å². The minimum atomic E-state index is 0.264. The van der Waals surface area contributed by atoms with E-state index >= 15 is 0 Å². The summed E-state index contributed by atoms with van der Waals surface area (Å²) >= 11 is 1.72. The Labute approximate surface area is 124 Å². The lowest BCUT2D eigenvalue weighted by molar-refractivity contribution is 0.406. The van der Waals surface area contributed by atoms with E-state index in [1.165, 1.54) is 16.0 Å². The van der Waals surface area contributed by atoms with Gasteiger partial charge in [0, 0.05) is 16.3 Å². The van der Waals surface area contributed by atoms with E-state index in [4.69, 9.17) is 9.47 Å². The smallest absolute Gasteiger partial charge is 0.129 e. The molecule has 1 heterocycles. The van der Waals surface area contributed by atoms with Crippen molar-refractivity contribution in [1.82, 2.24) is 5.32 Å². The van der Waals surface area contributed by atoms with Crippen LogP contribution in [0.4, 0.5) is 0 Å². The second-order valence-corrected chi connectivity index (χ2v) is 5.69. The Balaban J connectivity index is 2.23. The number of hydrogen-bond donors (Lipinski definition) is 1. The van der Waals surface area contributed by atoms with Crippen molar-refractivity contribution in [2.45, 2.75) is 19.4 Å². The second kappa shape index (κ2) is 6.77. The maximum Gasteiger partial charge on any atom is 0.129 e. The van der Waals surface area contributed by atoms with Crippen molar-refractivity contribution >= 4 is 11.3 Å². The van der Waals surface area contributed by atoms with E-state index in [-0.39, 0.29) is 6.04 Å². The summed E-state index contributed by atoms with van der Waals surface area (Å²) < 4.78 is 10.7. The highest BCUT2D eigenvalue weighted by atomic mass is 32.1. The van der Waals surface area contributed by atoms with Crippen molar-refractivity contribution in [2.75, 3.05) is 21.3 Å². The number of ether oxygens (including phenoxy) is 2. The van der Waals surface area contributed by atoms with Crippen molar-refractivity contribution in [1.29, 1.82) is 0 Å². The Morgan fingerprint density at radius 3 is 2.60 bits per heavy atom. The van der Waals surface area contributed by atoms with E-state index in [0.29, 0.717) is 0 Å². The normalized spacial score (nSPS) is 12.2. The van der Waals surface area contributed by atoms with E-state index in [1.807, 2.05) is 18.5 Å². The first-order chi connectivity index (χ1) is 9.67. The summed E-state index contributed by atoms with van der Waals surface area (Å²) in [6, 6.07) is 8.65. The van der Waals surface area contributed by atoms with Gasteiger partial charge in [0.1, 0.15) is 11.5 Å². The quantitative estimate of drug-likeness (QED) is 0.882. The van der Waals surface area contributed by atoms with Gasteiger partial charge in [-0.1, -0.05) is 17.7 Å². The van der Waals surface area contributed by atoms with Gasteiger partial charge >= 0.3 is 0 Å². The molecule has 0 radical (unpaired) electrons. The molecule has 0 aliphatic carbocycles. The molecule has 0 amide bonds. The van der Waals surface area contributed by atoms with Gasteiger partial charge in [-0.05, 0) is 38.1 Å². The summed E-state index contributed by atoms with van der Waals surface area (Å²) in [5.74, 6) is 1.86. The molecule has 0 aliphatic heterocycles. The lowest BCUT2D eigenvalue weighted by atomic mass is 10.0. The molecular weight excluding hydrogens is 270 g/mol. The zero-order valence-corrected chi connectivity index (χ0v) is 13.2. The summed E-state index contributed by atoms with van der Waals surface area (Å²) in [6.07, 6.45) is 0.894. The molecule has 0 fully saturated rings. The predicted molar refractivity (Wildman–Crippen MR) is 84.1 cm³/mol. The minimum Gasteiger partial charge on any atom is -0.496 e. The van der Waals surface area contributed by atoms with Crippen LogP contribution >= 0.6 is 11.3 Å². The summed E-state index contributed by atoms with van der Waals surface area (Å²) in [5, 5.41) is 5.41. The molecule has 1 atom stereocenters. The number of thiophene rings is 1. The molecule has 1 aromatic carbocycles. The van der Waals surface area contributed by atoms with Crippen LogP contribution in [0.15, 0.2) is 29.6 Å². The van der Waals surface area contributed by atoms with E-state index in [2.05, 4.69) is 30.4 Å². The average molecular weight is 291 g/mol. The molecule has 0 saturated heterocycles. The monoisotopic (exact) mass is 291 g/mol. The number of hydrogen-bond acceptors (Lipinski definition) is 4. The van der Waals surface area contributed by atoms with Gasteiger partial charge in [0.25, 0.3) is 0 Å². The van der Waals surface area contributed by atoms with E-state index in [9.17, 15) is 0 Å². The van der Waals surface area contributed by atoms with Crippen molar-refractivity contribution < 1.29 is 9.47 Å². The van der Waals surface area contributed by atoms with Crippen molar-refractivity contribution in [3.63, 3.8) is 0 Å². The second-order valence-electron chi connectivity index (χ2n) is 4.75. The van der Waals surface area contributed by atoms with Gasteiger partial charge in [-0.2, -0.15) is 0 Å². The number of methoxy groups -OCH3 is 2. The van der Waals surface area contributed by atoms with Crippen molar-refractivity contribution in [2.24, 2.45) is 0 Å². The molecule has 0 bridgehead atoms. The molecule has 1 aromatic heterocycles. The van der Waals surface area contributed by atoms with Crippen LogP contribution in [-0.2, 0) is 6.42 Å². The molecule has 2 rings (SSSR count). The number of likely N-dealkylation sites (N-methyl/N-ethyl adjacent to an activating group) is 1. The zero-order chi connectivity index (χ0) is 14.5. The maximum absolute atomic E-state index is 5.46. The van der Waals surface area contributed by atoms with Gasteiger partial charge in [0.15, 0.2) is 0 Å². The third-order valence-electron chi connectivity index (χ3n) is 3.38. The topological polar surface area (TPSA) is 30.5 Å². The van der Waals surface area contributed by atoms with E-state index in [1.54, 1.807) is 25.6 Å². The number of rotatable bonds is 6. The van der Waals surface area contributed by atoms with Crippen molar-refractivity contribution in [3.05, 3.63) is 45.6 Å². The molecule has 3 nitrogen and oxygen atoms in total. The SMILES string of the molecule is CNC(Cc1cc(C)ccc1OC)c1cc(OC)cs1. The van der Waals surface area contributed by atoms with Crippen LogP contribution in [0.25, 0.3) is 0 Å². The van der Waals surface area contributed by atoms with Crippen LogP contribution in [0.1, 0.15) is 22.0 Å². The fourth-order valence-corrected chi connectivity index (χ4v) is 3.22. The summed E-state index contributed by atoms with van der Waals surface area (Å²) in [4.78, 5) is 1.27. The van der Waals surface area contributed by atoms with E-state index in [0.717, 1.165) is 17.9 Å². The van der Waals surface area contributed by atoms with Gasteiger partial charge in [-0.25, -0.2) is 0 Å². The largest absolute Gasteiger partial charge is 0.496 e. The van der Waals surface area contributed by atoms with Crippen LogP contribution in [0.2, 0.25) is 0 Å². The molecule has 2 aromatic rings. The Morgan fingerprint density at radius 2 is 2.00 bits per heavy atom. The summed E-state index contributed by atoms with van der Waals surface area (Å²) in [5.41, 5.74) is 2.47. The molecule has 0 saturated carbocycles. The first-order valence-corrected chi connectivity index (χ1v) is 7.49. The number of benzene rings is 1. The predicted octanol–water partition coefficient (Wildman–Crippen LogP) is 3.58. The molecular formula is C16H21NO2S. The van der Waals surface area contributed by atoms with Crippen LogP contribution in [0.3, 0.4) is 0 Å². The third-order valence-corrected chi connectivity index (χ3v) is 4.41. The standard InChI is InChI=1S/C16H21NO2S/c1-11-5-6-15(19-4)12(7-11)8-14(17-2)16-9-13(18-3)10-20-16/h5-7,9-10,14,17H,8H2,1-4H3. The first-order valence-electron chi connectivity index (χ1n) is 6.61. The van der Waals surface area contributed by atoms with E-state index < -0.39 is 0 Å².